The Morgan fingerprint density at radius 1 is 1.11 bits per heavy atom. The molecule has 1 atom stereocenters. The summed E-state index contributed by atoms with van der Waals surface area (Å²) in [6.07, 6.45) is 3.05. The summed E-state index contributed by atoms with van der Waals surface area (Å²) in [5.41, 5.74) is 2.20. The van der Waals surface area contributed by atoms with Gasteiger partial charge in [0.1, 0.15) is 5.75 Å². The van der Waals surface area contributed by atoms with Crippen LogP contribution in [0.5, 0.6) is 5.75 Å². The largest absolute Gasteiger partial charge is 0.497 e. The molecular weight excluding hydrogens is 336 g/mol. The van der Waals surface area contributed by atoms with Crippen LogP contribution in [0.15, 0.2) is 54.6 Å². The Labute approximate surface area is 162 Å². The van der Waals surface area contributed by atoms with Crippen LogP contribution >= 0.6 is 0 Å². The molecule has 144 valence electrons. The zero-order chi connectivity index (χ0) is 19.1. The van der Waals surface area contributed by atoms with Crippen molar-refractivity contribution in [1.82, 2.24) is 4.90 Å². The van der Waals surface area contributed by atoms with Crippen LogP contribution in [0.1, 0.15) is 31.7 Å². The smallest absolute Gasteiger partial charge is 0.227 e. The molecule has 1 amide bonds. The second kappa shape index (κ2) is 9.56. The summed E-state index contributed by atoms with van der Waals surface area (Å²) in [7, 11) is 1.64. The average Bonchev–Trinajstić information content (AvgIpc) is 2.71. The molecule has 0 bridgehead atoms. The molecule has 1 saturated heterocycles. The third kappa shape index (κ3) is 5.33. The molecule has 4 heteroatoms. The first-order chi connectivity index (χ1) is 13.2. The number of ether oxygens (including phenoxy) is 1. The van der Waals surface area contributed by atoms with Gasteiger partial charge in [-0.05, 0) is 68.1 Å². The van der Waals surface area contributed by atoms with Crippen LogP contribution in [0.3, 0.4) is 0 Å². The van der Waals surface area contributed by atoms with Gasteiger partial charge >= 0.3 is 0 Å². The summed E-state index contributed by atoms with van der Waals surface area (Å²) < 4.78 is 5.17. The van der Waals surface area contributed by atoms with Crippen LogP contribution < -0.4 is 10.1 Å². The van der Waals surface area contributed by atoms with Crippen LogP contribution in [0.4, 0.5) is 5.69 Å². The van der Waals surface area contributed by atoms with Gasteiger partial charge in [0.05, 0.1) is 7.11 Å². The number of methoxy groups -OCH3 is 1. The van der Waals surface area contributed by atoms with Crippen molar-refractivity contribution in [2.75, 3.05) is 25.5 Å². The van der Waals surface area contributed by atoms with E-state index in [-0.39, 0.29) is 11.8 Å². The lowest BCUT2D eigenvalue weighted by atomic mass is 9.82. The molecule has 1 unspecified atom stereocenters. The van der Waals surface area contributed by atoms with E-state index in [9.17, 15) is 4.79 Å². The van der Waals surface area contributed by atoms with Crippen molar-refractivity contribution < 1.29 is 9.53 Å². The number of amides is 1. The van der Waals surface area contributed by atoms with Gasteiger partial charge in [-0.25, -0.2) is 0 Å². The maximum atomic E-state index is 12.8. The number of benzene rings is 2. The van der Waals surface area contributed by atoms with E-state index in [1.54, 1.807) is 7.11 Å². The van der Waals surface area contributed by atoms with Gasteiger partial charge in [-0.2, -0.15) is 0 Å². The fourth-order valence-corrected chi connectivity index (χ4v) is 4.00. The Kier molecular flexibility index (Phi) is 6.88. The van der Waals surface area contributed by atoms with Crippen LogP contribution in [0.25, 0.3) is 0 Å². The number of likely N-dealkylation sites (tertiary alicyclic amines) is 1. The molecule has 0 spiro atoms. The van der Waals surface area contributed by atoms with E-state index in [2.05, 4.69) is 47.5 Å². The summed E-state index contributed by atoms with van der Waals surface area (Å²) >= 11 is 0. The Bertz CT molecular complexity index is 707. The van der Waals surface area contributed by atoms with Gasteiger partial charge in [0.25, 0.3) is 0 Å². The first kappa shape index (κ1) is 19.4. The van der Waals surface area contributed by atoms with Gasteiger partial charge < -0.3 is 10.1 Å². The van der Waals surface area contributed by atoms with E-state index in [1.165, 1.54) is 5.56 Å². The lowest BCUT2D eigenvalue weighted by Gasteiger charge is -2.35. The third-order valence-electron chi connectivity index (χ3n) is 5.58. The SMILES string of the molecule is CCC(C(=O)Nc1ccc(OC)cc1)C1CCN(Cc2ccccc2)CC1. The van der Waals surface area contributed by atoms with Crippen LogP contribution in [0, 0.1) is 11.8 Å². The second-order valence-corrected chi connectivity index (χ2v) is 7.33. The molecule has 1 N–H and O–H groups in total. The minimum atomic E-state index is 0.0750. The fourth-order valence-electron chi connectivity index (χ4n) is 4.00. The monoisotopic (exact) mass is 366 g/mol. The zero-order valence-corrected chi connectivity index (χ0v) is 16.4. The summed E-state index contributed by atoms with van der Waals surface area (Å²) in [4.78, 5) is 15.3. The maximum absolute atomic E-state index is 12.8. The number of hydrogen-bond donors (Lipinski definition) is 1. The normalized spacial score (nSPS) is 16.7. The topological polar surface area (TPSA) is 41.6 Å². The predicted octanol–water partition coefficient (Wildman–Crippen LogP) is 4.57. The number of carbonyl (C=O) groups excluding carboxylic acids is 1. The minimum absolute atomic E-state index is 0.0750. The van der Waals surface area contributed by atoms with E-state index in [0.717, 1.165) is 50.3 Å². The third-order valence-corrected chi connectivity index (χ3v) is 5.58. The highest BCUT2D eigenvalue weighted by atomic mass is 16.5. The number of hydrogen-bond acceptors (Lipinski definition) is 3. The molecule has 0 radical (unpaired) electrons. The van der Waals surface area contributed by atoms with Crippen LogP contribution in [0.2, 0.25) is 0 Å². The molecule has 0 aliphatic carbocycles. The molecule has 1 heterocycles. The first-order valence-electron chi connectivity index (χ1n) is 9.90. The van der Waals surface area contributed by atoms with Crippen molar-refractivity contribution in [2.45, 2.75) is 32.7 Å². The van der Waals surface area contributed by atoms with Gasteiger partial charge in [0, 0.05) is 18.2 Å². The maximum Gasteiger partial charge on any atom is 0.227 e. The Hall–Kier alpha value is -2.33. The number of nitrogens with zero attached hydrogens (tertiary/aromatic N) is 1. The molecular formula is C23H30N2O2. The van der Waals surface area contributed by atoms with Gasteiger partial charge in [0.2, 0.25) is 5.91 Å². The molecule has 0 saturated carbocycles. The lowest BCUT2D eigenvalue weighted by molar-refractivity contribution is -0.122. The number of nitrogens with one attached hydrogen (secondary N) is 1. The minimum Gasteiger partial charge on any atom is -0.497 e. The van der Waals surface area contributed by atoms with E-state index in [0.29, 0.717) is 5.92 Å². The number of rotatable bonds is 7. The quantitative estimate of drug-likeness (QED) is 0.780. The summed E-state index contributed by atoms with van der Waals surface area (Å²) in [5.74, 6) is 1.47. The average molecular weight is 367 g/mol. The number of carbonyl (C=O) groups is 1. The molecule has 27 heavy (non-hydrogen) atoms. The second-order valence-electron chi connectivity index (χ2n) is 7.33. The van der Waals surface area contributed by atoms with Crippen LogP contribution in [-0.4, -0.2) is 31.0 Å². The van der Waals surface area contributed by atoms with E-state index >= 15 is 0 Å². The zero-order valence-electron chi connectivity index (χ0n) is 16.4. The summed E-state index contributed by atoms with van der Waals surface area (Å²) in [5, 5.41) is 3.08. The lowest BCUT2D eigenvalue weighted by Crippen LogP contribution is -2.39. The van der Waals surface area contributed by atoms with E-state index in [1.807, 2.05) is 24.3 Å². The van der Waals surface area contributed by atoms with Gasteiger partial charge in [0.15, 0.2) is 0 Å². The molecule has 2 aromatic carbocycles. The molecule has 4 nitrogen and oxygen atoms in total. The molecule has 0 aromatic heterocycles. The van der Waals surface area contributed by atoms with Crippen molar-refractivity contribution in [3.8, 4) is 5.75 Å². The first-order valence-corrected chi connectivity index (χ1v) is 9.90. The summed E-state index contributed by atoms with van der Waals surface area (Å²) in [6.45, 7) is 5.24. The highest BCUT2D eigenvalue weighted by molar-refractivity contribution is 5.92. The Morgan fingerprint density at radius 2 is 1.78 bits per heavy atom. The molecule has 2 aromatic rings. The van der Waals surface area contributed by atoms with Gasteiger partial charge in [-0.15, -0.1) is 0 Å². The van der Waals surface area contributed by atoms with E-state index < -0.39 is 0 Å². The number of anilines is 1. The molecule has 3 rings (SSSR count). The van der Waals surface area contributed by atoms with Crippen molar-refractivity contribution in [1.29, 1.82) is 0 Å². The molecule has 1 aliphatic heterocycles. The Morgan fingerprint density at radius 3 is 2.37 bits per heavy atom. The predicted molar refractivity (Wildman–Crippen MR) is 110 cm³/mol. The van der Waals surface area contributed by atoms with Crippen molar-refractivity contribution in [3.63, 3.8) is 0 Å². The summed E-state index contributed by atoms with van der Waals surface area (Å²) in [6, 6.07) is 18.2. The standard InChI is InChI=1S/C23H30N2O2/c1-3-22(23(26)24-20-9-11-21(27-2)12-10-20)19-13-15-25(16-14-19)17-18-7-5-4-6-8-18/h4-12,19,22H,3,13-17H2,1-2H3,(H,24,26). The fraction of sp³-hybridized carbons (Fsp3) is 0.435. The Balaban J connectivity index is 1.52. The van der Waals surface area contributed by atoms with Gasteiger partial charge in [-0.1, -0.05) is 37.3 Å². The molecule has 1 aliphatic rings. The van der Waals surface area contributed by atoms with Gasteiger partial charge in [-0.3, -0.25) is 9.69 Å². The number of piperidine rings is 1. The molecule has 1 fully saturated rings. The van der Waals surface area contributed by atoms with Crippen molar-refractivity contribution in [3.05, 3.63) is 60.2 Å². The highest BCUT2D eigenvalue weighted by Gasteiger charge is 2.30. The van der Waals surface area contributed by atoms with E-state index in [4.69, 9.17) is 4.74 Å². The highest BCUT2D eigenvalue weighted by Crippen LogP contribution is 2.29. The van der Waals surface area contributed by atoms with Crippen molar-refractivity contribution >= 4 is 11.6 Å². The van der Waals surface area contributed by atoms with Crippen LogP contribution in [-0.2, 0) is 11.3 Å². The van der Waals surface area contributed by atoms with Crippen molar-refractivity contribution in [2.24, 2.45) is 11.8 Å².